The molecule has 0 unspecified atom stereocenters. The molecule has 0 aliphatic rings. The molecule has 0 atom stereocenters. The van der Waals surface area contributed by atoms with Crippen LogP contribution in [0.2, 0.25) is 5.02 Å². The van der Waals surface area contributed by atoms with Gasteiger partial charge in [-0.3, -0.25) is 4.79 Å². The van der Waals surface area contributed by atoms with Crippen molar-refractivity contribution < 1.29 is 9.53 Å². The second-order valence-electron chi connectivity index (χ2n) is 4.78. The average molecular weight is 304 g/mol. The number of anilines is 1. The zero-order chi connectivity index (χ0) is 15.4. The molecule has 2 aromatic carbocycles. The van der Waals surface area contributed by atoms with Gasteiger partial charge in [0.05, 0.1) is 6.61 Å². The van der Waals surface area contributed by atoms with Crippen molar-refractivity contribution in [1.82, 2.24) is 0 Å². The number of hydrogen-bond acceptors (Lipinski definition) is 2. The fraction of sp³-hybridized carbons (Fsp3) is 0.235. The number of amides is 1. The maximum absolute atomic E-state index is 12.3. The van der Waals surface area contributed by atoms with Gasteiger partial charge in [-0.2, -0.15) is 0 Å². The molecule has 1 N–H and O–H groups in total. The van der Waals surface area contributed by atoms with Gasteiger partial charge < -0.3 is 10.1 Å². The zero-order valence-corrected chi connectivity index (χ0v) is 13.1. The second-order valence-corrected chi connectivity index (χ2v) is 5.19. The maximum Gasteiger partial charge on any atom is 0.255 e. The van der Waals surface area contributed by atoms with Gasteiger partial charge in [0.2, 0.25) is 0 Å². The number of carbonyl (C=O) groups is 1. The van der Waals surface area contributed by atoms with Crippen LogP contribution >= 0.6 is 11.6 Å². The van der Waals surface area contributed by atoms with E-state index in [-0.39, 0.29) is 5.91 Å². The Morgan fingerprint density at radius 3 is 2.67 bits per heavy atom. The summed E-state index contributed by atoms with van der Waals surface area (Å²) < 4.78 is 5.48. The van der Waals surface area contributed by atoms with E-state index in [0.29, 0.717) is 17.2 Å². The number of hydrogen-bond donors (Lipinski definition) is 1. The molecule has 3 nitrogen and oxygen atoms in total. The lowest BCUT2D eigenvalue weighted by molar-refractivity contribution is 0.102. The Kier molecular flexibility index (Phi) is 4.86. The minimum Gasteiger partial charge on any atom is -0.494 e. The van der Waals surface area contributed by atoms with Crippen molar-refractivity contribution in [2.45, 2.75) is 20.8 Å². The molecule has 0 aromatic heterocycles. The summed E-state index contributed by atoms with van der Waals surface area (Å²) in [5.41, 5.74) is 3.11. The predicted molar refractivity (Wildman–Crippen MR) is 86.5 cm³/mol. The molecular formula is C17H18ClNO2. The summed E-state index contributed by atoms with van der Waals surface area (Å²) in [6.45, 7) is 6.34. The molecule has 0 fully saturated rings. The van der Waals surface area contributed by atoms with Crippen LogP contribution in [0.1, 0.15) is 28.4 Å². The molecule has 0 radical (unpaired) electrons. The van der Waals surface area contributed by atoms with E-state index in [1.54, 1.807) is 12.1 Å². The summed E-state index contributed by atoms with van der Waals surface area (Å²) in [5, 5.41) is 3.52. The Hall–Kier alpha value is -2.00. The Bertz CT molecular complexity index is 668. The molecule has 2 rings (SSSR count). The Balaban J connectivity index is 2.21. The maximum atomic E-state index is 12.3. The molecule has 1 amide bonds. The van der Waals surface area contributed by atoms with Gasteiger partial charge >= 0.3 is 0 Å². The van der Waals surface area contributed by atoms with Gasteiger partial charge in [-0.1, -0.05) is 17.7 Å². The smallest absolute Gasteiger partial charge is 0.255 e. The lowest BCUT2D eigenvalue weighted by Gasteiger charge is -2.11. The molecule has 110 valence electrons. The first-order chi connectivity index (χ1) is 10.0. The van der Waals surface area contributed by atoms with E-state index < -0.39 is 0 Å². The van der Waals surface area contributed by atoms with Gasteiger partial charge in [-0.25, -0.2) is 0 Å². The molecule has 0 bridgehead atoms. The molecule has 0 aliphatic heterocycles. The van der Waals surface area contributed by atoms with Crippen molar-refractivity contribution >= 4 is 23.2 Å². The number of halogens is 1. The second kappa shape index (κ2) is 6.64. The summed E-state index contributed by atoms with van der Waals surface area (Å²) >= 11 is 6.06. The monoisotopic (exact) mass is 303 g/mol. The summed E-state index contributed by atoms with van der Waals surface area (Å²) in [7, 11) is 0. The van der Waals surface area contributed by atoms with Crippen LogP contribution in [0.5, 0.6) is 5.75 Å². The number of aryl methyl sites for hydroxylation is 1. The van der Waals surface area contributed by atoms with Crippen LogP contribution in [-0.2, 0) is 0 Å². The van der Waals surface area contributed by atoms with E-state index in [4.69, 9.17) is 16.3 Å². The third-order valence-corrected chi connectivity index (χ3v) is 3.66. The van der Waals surface area contributed by atoms with E-state index in [2.05, 4.69) is 5.32 Å². The lowest BCUT2D eigenvalue weighted by atomic mass is 10.1. The Morgan fingerprint density at radius 2 is 2.00 bits per heavy atom. The van der Waals surface area contributed by atoms with Gasteiger partial charge in [0.15, 0.2) is 0 Å². The van der Waals surface area contributed by atoms with Crippen LogP contribution in [0.25, 0.3) is 0 Å². The average Bonchev–Trinajstić information content (AvgIpc) is 2.46. The Labute approximate surface area is 129 Å². The summed E-state index contributed by atoms with van der Waals surface area (Å²) in [6.07, 6.45) is 0. The van der Waals surface area contributed by atoms with Crippen LogP contribution in [0.4, 0.5) is 5.69 Å². The van der Waals surface area contributed by atoms with Gasteiger partial charge in [0, 0.05) is 16.3 Å². The van der Waals surface area contributed by atoms with Crippen LogP contribution in [-0.4, -0.2) is 12.5 Å². The number of nitrogens with one attached hydrogen (secondary N) is 1. The highest BCUT2D eigenvalue weighted by Crippen LogP contribution is 2.24. The molecule has 0 saturated carbocycles. The van der Waals surface area contributed by atoms with Crippen molar-refractivity contribution in [3.8, 4) is 5.75 Å². The summed E-state index contributed by atoms with van der Waals surface area (Å²) in [4.78, 5) is 12.3. The SMILES string of the molecule is CCOc1ccc(C(=O)Nc2cccc(Cl)c2C)cc1C. The highest BCUT2D eigenvalue weighted by Gasteiger charge is 2.10. The van der Waals surface area contributed by atoms with E-state index in [1.807, 2.05) is 45.0 Å². The van der Waals surface area contributed by atoms with Crippen molar-refractivity contribution in [2.24, 2.45) is 0 Å². The first kappa shape index (κ1) is 15.4. The largest absolute Gasteiger partial charge is 0.494 e. The van der Waals surface area contributed by atoms with Crippen LogP contribution in [0.3, 0.4) is 0 Å². The standard InChI is InChI=1S/C17H18ClNO2/c1-4-21-16-9-8-13(10-11(16)2)17(20)19-15-7-5-6-14(18)12(15)3/h5-10H,4H2,1-3H3,(H,19,20). The quantitative estimate of drug-likeness (QED) is 0.896. The van der Waals surface area contributed by atoms with Gasteiger partial charge in [-0.15, -0.1) is 0 Å². The molecule has 2 aromatic rings. The van der Waals surface area contributed by atoms with Crippen LogP contribution in [0.15, 0.2) is 36.4 Å². The molecule has 21 heavy (non-hydrogen) atoms. The van der Waals surface area contributed by atoms with Crippen molar-refractivity contribution in [2.75, 3.05) is 11.9 Å². The topological polar surface area (TPSA) is 38.3 Å². The fourth-order valence-corrected chi connectivity index (χ4v) is 2.22. The number of benzene rings is 2. The van der Waals surface area contributed by atoms with Crippen molar-refractivity contribution in [3.05, 3.63) is 58.1 Å². The number of ether oxygens (including phenoxy) is 1. The van der Waals surface area contributed by atoms with Crippen LogP contribution < -0.4 is 10.1 Å². The molecule has 0 saturated heterocycles. The lowest BCUT2D eigenvalue weighted by Crippen LogP contribution is -2.13. The first-order valence-corrected chi connectivity index (χ1v) is 7.20. The molecule has 0 aliphatic carbocycles. The first-order valence-electron chi connectivity index (χ1n) is 6.83. The van der Waals surface area contributed by atoms with E-state index >= 15 is 0 Å². The molecule has 0 spiro atoms. The van der Waals surface area contributed by atoms with Crippen molar-refractivity contribution in [3.63, 3.8) is 0 Å². The molecule has 0 heterocycles. The number of rotatable bonds is 4. The van der Waals surface area contributed by atoms with Crippen LogP contribution in [0, 0.1) is 13.8 Å². The zero-order valence-electron chi connectivity index (χ0n) is 12.4. The third-order valence-electron chi connectivity index (χ3n) is 3.25. The van der Waals surface area contributed by atoms with E-state index in [0.717, 1.165) is 22.6 Å². The highest BCUT2D eigenvalue weighted by molar-refractivity contribution is 6.31. The van der Waals surface area contributed by atoms with Gasteiger partial charge in [0.25, 0.3) is 5.91 Å². The third kappa shape index (κ3) is 3.56. The normalized spacial score (nSPS) is 10.3. The van der Waals surface area contributed by atoms with Gasteiger partial charge in [-0.05, 0) is 62.2 Å². The predicted octanol–water partition coefficient (Wildman–Crippen LogP) is 4.61. The van der Waals surface area contributed by atoms with Gasteiger partial charge in [0.1, 0.15) is 5.75 Å². The summed E-state index contributed by atoms with van der Waals surface area (Å²) in [5.74, 6) is 0.638. The van der Waals surface area contributed by atoms with E-state index in [1.165, 1.54) is 0 Å². The Morgan fingerprint density at radius 1 is 1.24 bits per heavy atom. The fourth-order valence-electron chi connectivity index (χ4n) is 2.05. The molecule has 4 heteroatoms. The summed E-state index contributed by atoms with van der Waals surface area (Å²) in [6, 6.07) is 10.8. The molecular weight excluding hydrogens is 286 g/mol. The van der Waals surface area contributed by atoms with Crippen molar-refractivity contribution in [1.29, 1.82) is 0 Å². The minimum absolute atomic E-state index is 0.161. The number of carbonyl (C=O) groups excluding carboxylic acids is 1. The minimum atomic E-state index is -0.161. The van der Waals surface area contributed by atoms with E-state index in [9.17, 15) is 4.79 Å². The highest BCUT2D eigenvalue weighted by atomic mass is 35.5.